The second-order valence-corrected chi connectivity index (χ2v) is 7.03. The third-order valence-corrected chi connectivity index (χ3v) is 4.96. The Labute approximate surface area is 183 Å². The molecule has 0 spiro atoms. The Hall–Kier alpha value is -3.58. The summed E-state index contributed by atoms with van der Waals surface area (Å²) in [7, 11) is 4.69. The number of anilines is 1. The molecule has 0 aliphatic rings. The van der Waals surface area contributed by atoms with Gasteiger partial charge in [0.25, 0.3) is 5.91 Å². The molecule has 7 nitrogen and oxygen atoms in total. The standard InChI is InChI=1S/C24H28N4O3/c1-5-15-27(17-19-9-7-6-8-10-19)23-22(24(29)26(2)31-4)16-25-28(23)18-20-11-13-21(30-3)14-12-20/h5-14,16H,1,15,17-18H2,2-4H3. The third kappa shape index (κ3) is 5.32. The summed E-state index contributed by atoms with van der Waals surface area (Å²) in [6.07, 6.45) is 3.42. The lowest BCUT2D eigenvalue weighted by molar-refractivity contribution is -0.0756. The van der Waals surface area contributed by atoms with E-state index in [2.05, 4.69) is 28.7 Å². The van der Waals surface area contributed by atoms with Gasteiger partial charge in [0.15, 0.2) is 0 Å². The number of hydrogen-bond acceptors (Lipinski definition) is 5. The monoisotopic (exact) mass is 420 g/mol. The molecule has 0 aliphatic carbocycles. The van der Waals surface area contributed by atoms with Crippen LogP contribution in [0.3, 0.4) is 0 Å². The van der Waals surface area contributed by atoms with Gasteiger partial charge in [0.05, 0.1) is 27.0 Å². The first-order chi connectivity index (χ1) is 15.1. The van der Waals surface area contributed by atoms with E-state index in [9.17, 15) is 4.79 Å². The molecule has 1 amide bonds. The maximum absolute atomic E-state index is 13.0. The average Bonchev–Trinajstić information content (AvgIpc) is 3.22. The predicted molar refractivity (Wildman–Crippen MR) is 121 cm³/mol. The summed E-state index contributed by atoms with van der Waals surface area (Å²) in [5.41, 5.74) is 2.64. The van der Waals surface area contributed by atoms with Gasteiger partial charge in [0.1, 0.15) is 17.1 Å². The Bertz CT molecular complexity index is 999. The molecule has 0 unspecified atom stereocenters. The highest BCUT2D eigenvalue weighted by atomic mass is 16.7. The molecule has 31 heavy (non-hydrogen) atoms. The number of amides is 1. The van der Waals surface area contributed by atoms with Crippen molar-refractivity contribution in [2.45, 2.75) is 13.1 Å². The van der Waals surface area contributed by atoms with Crippen molar-refractivity contribution in [3.8, 4) is 5.75 Å². The van der Waals surface area contributed by atoms with Crippen LogP contribution in [0.4, 0.5) is 5.82 Å². The van der Waals surface area contributed by atoms with E-state index in [0.29, 0.717) is 31.0 Å². The minimum Gasteiger partial charge on any atom is -0.497 e. The van der Waals surface area contributed by atoms with Crippen molar-refractivity contribution < 1.29 is 14.4 Å². The quantitative estimate of drug-likeness (QED) is 0.369. The van der Waals surface area contributed by atoms with Crippen LogP contribution in [0.25, 0.3) is 0 Å². The maximum atomic E-state index is 13.0. The molecule has 0 saturated heterocycles. The average molecular weight is 421 g/mol. The van der Waals surface area contributed by atoms with E-state index in [1.54, 1.807) is 20.4 Å². The molecule has 0 fully saturated rings. The molecule has 0 atom stereocenters. The summed E-state index contributed by atoms with van der Waals surface area (Å²) >= 11 is 0. The van der Waals surface area contributed by atoms with Crippen LogP contribution in [0.2, 0.25) is 0 Å². The van der Waals surface area contributed by atoms with Crippen molar-refractivity contribution in [2.75, 3.05) is 32.7 Å². The summed E-state index contributed by atoms with van der Waals surface area (Å²) in [5, 5.41) is 5.74. The number of aromatic nitrogens is 2. The van der Waals surface area contributed by atoms with Crippen molar-refractivity contribution in [1.82, 2.24) is 14.8 Å². The van der Waals surface area contributed by atoms with Crippen LogP contribution in [-0.4, -0.2) is 48.6 Å². The van der Waals surface area contributed by atoms with E-state index in [4.69, 9.17) is 9.57 Å². The number of nitrogens with zero attached hydrogens (tertiary/aromatic N) is 4. The Kier molecular flexibility index (Phi) is 7.45. The minimum atomic E-state index is -0.263. The van der Waals surface area contributed by atoms with Gasteiger partial charge in [-0.05, 0) is 23.3 Å². The van der Waals surface area contributed by atoms with Crippen LogP contribution in [0.5, 0.6) is 5.75 Å². The summed E-state index contributed by atoms with van der Waals surface area (Å²) in [6, 6.07) is 17.9. The highest BCUT2D eigenvalue weighted by Crippen LogP contribution is 2.26. The first-order valence-electron chi connectivity index (χ1n) is 9.98. The van der Waals surface area contributed by atoms with Gasteiger partial charge in [-0.25, -0.2) is 9.75 Å². The van der Waals surface area contributed by atoms with E-state index in [1.165, 1.54) is 12.2 Å². The second-order valence-electron chi connectivity index (χ2n) is 7.03. The van der Waals surface area contributed by atoms with Crippen LogP contribution < -0.4 is 9.64 Å². The molecule has 3 rings (SSSR count). The zero-order valence-electron chi connectivity index (χ0n) is 18.2. The van der Waals surface area contributed by atoms with Gasteiger partial charge in [-0.15, -0.1) is 6.58 Å². The van der Waals surface area contributed by atoms with Crippen molar-refractivity contribution in [3.05, 3.63) is 90.1 Å². The third-order valence-electron chi connectivity index (χ3n) is 4.96. The van der Waals surface area contributed by atoms with Crippen LogP contribution in [0, 0.1) is 0 Å². The first kappa shape index (κ1) is 22.1. The molecule has 0 saturated carbocycles. The lowest BCUT2D eigenvalue weighted by Gasteiger charge is -2.26. The van der Waals surface area contributed by atoms with Gasteiger partial charge in [0, 0.05) is 20.1 Å². The fourth-order valence-electron chi connectivity index (χ4n) is 3.32. The number of ether oxygens (including phenoxy) is 1. The van der Waals surface area contributed by atoms with E-state index in [0.717, 1.165) is 16.9 Å². The fourth-order valence-corrected chi connectivity index (χ4v) is 3.32. The highest BCUT2D eigenvalue weighted by molar-refractivity contribution is 5.98. The van der Waals surface area contributed by atoms with E-state index < -0.39 is 0 Å². The van der Waals surface area contributed by atoms with Crippen LogP contribution >= 0.6 is 0 Å². The Balaban J connectivity index is 2.02. The van der Waals surface area contributed by atoms with Crippen molar-refractivity contribution in [1.29, 1.82) is 0 Å². The normalized spacial score (nSPS) is 10.5. The molecule has 1 aromatic heterocycles. The molecule has 1 heterocycles. The first-order valence-corrected chi connectivity index (χ1v) is 9.98. The van der Waals surface area contributed by atoms with E-state index in [-0.39, 0.29) is 5.91 Å². The maximum Gasteiger partial charge on any atom is 0.282 e. The number of methoxy groups -OCH3 is 1. The fraction of sp³-hybridized carbons (Fsp3) is 0.250. The summed E-state index contributed by atoms with van der Waals surface area (Å²) in [6.45, 7) is 5.58. The zero-order valence-corrected chi connectivity index (χ0v) is 18.2. The van der Waals surface area contributed by atoms with Gasteiger partial charge in [0.2, 0.25) is 0 Å². The second kappa shape index (κ2) is 10.4. The van der Waals surface area contributed by atoms with Crippen molar-refractivity contribution in [2.24, 2.45) is 0 Å². The Morgan fingerprint density at radius 1 is 1.10 bits per heavy atom. The number of carbonyl (C=O) groups excluding carboxylic acids is 1. The molecular formula is C24H28N4O3. The molecule has 162 valence electrons. The van der Waals surface area contributed by atoms with Crippen LogP contribution in [0.1, 0.15) is 21.5 Å². The lowest BCUT2D eigenvalue weighted by Crippen LogP contribution is -2.31. The largest absolute Gasteiger partial charge is 0.497 e. The predicted octanol–water partition coefficient (Wildman–Crippen LogP) is 3.77. The Morgan fingerprint density at radius 2 is 1.81 bits per heavy atom. The smallest absolute Gasteiger partial charge is 0.282 e. The molecule has 0 radical (unpaired) electrons. The molecule has 0 N–H and O–H groups in total. The van der Waals surface area contributed by atoms with Crippen molar-refractivity contribution in [3.63, 3.8) is 0 Å². The molecule has 3 aromatic rings. The Morgan fingerprint density at radius 3 is 2.42 bits per heavy atom. The van der Waals surface area contributed by atoms with Crippen molar-refractivity contribution >= 4 is 11.7 Å². The summed E-state index contributed by atoms with van der Waals surface area (Å²) in [5.74, 6) is 1.24. The minimum absolute atomic E-state index is 0.263. The molecule has 0 aliphatic heterocycles. The number of hydrogen-bond donors (Lipinski definition) is 0. The number of benzene rings is 2. The molecule has 0 bridgehead atoms. The van der Waals surface area contributed by atoms with E-state index >= 15 is 0 Å². The topological polar surface area (TPSA) is 59.8 Å². The van der Waals surface area contributed by atoms with E-state index in [1.807, 2.05) is 53.2 Å². The number of carbonyl (C=O) groups is 1. The highest BCUT2D eigenvalue weighted by Gasteiger charge is 2.25. The summed E-state index contributed by atoms with van der Waals surface area (Å²) in [4.78, 5) is 20.2. The van der Waals surface area contributed by atoms with Crippen LogP contribution in [0.15, 0.2) is 73.4 Å². The van der Waals surface area contributed by atoms with Gasteiger partial charge in [-0.1, -0.05) is 48.5 Å². The molecule has 2 aromatic carbocycles. The van der Waals surface area contributed by atoms with Gasteiger partial charge in [-0.3, -0.25) is 9.63 Å². The van der Waals surface area contributed by atoms with Gasteiger partial charge < -0.3 is 9.64 Å². The lowest BCUT2D eigenvalue weighted by atomic mass is 10.2. The zero-order chi connectivity index (χ0) is 22.2. The van der Waals surface area contributed by atoms with Gasteiger partial charge in [-0.2, -0.15) is 5.10 Å². The molecule has 7 heteroatoms. The van der Waals surface area contributed by atoms with Gasteiger partial charge >= 0.3 is 0 Å². The number of hydroxylamine groups is 2. The molecular weight excluding hydrogens is 392 g/mol. The van der Waals surface area contributed by atoms with Crippen LogP contribution in [-0.2, 0) is 17.9 Å². The number of rotatable bonds is 10. The summed E-state index contributed by atoms with van der Waals surface area (Å²) < 4.78 is 7.09. The SMILES string of the molecule is C=CCN(Cc1ccccc1)c1c(C(=O)N(C)OC)cnn1Cc1ccc(OC)cc1.